The van der Waals surface area contributed by atoms with Crippen molar-refractivity contribution in [1.82, 2.24) is 4.98 Å². The van der Waals surface area contributed by atoms with Gasteiger partial charge in [0.2, 0.25) is 0 Å². The number of thioether (sulfide) groups is 1. The van der Waals surface area contributed by atoms with Gasteiger partial charge in [0.25, 0.3) is 5.91 Å². The maximum atomic E-state index is 13.3. The molecule has 0 aliphatic carbocycles. The second-order valence-corrected chi connectivity index (χ2v) is 10.8. The van der Waals surface area contributed by atoms with E-state index in [1.165, 1.54) is 0 Å². The molecule has 2 heterocycles. The van der Waals surface area contributed by atoms with Crippen LogP contribution in [0.1, 0.15) is 24.8 Å². The summed E-state index contributed by atoms with van der Waals surface area (Å²) in [6, 6.07) is 27.1. The van der Waals surface area contributed by atoms with Gasteiger partial charge in [0, 0.05) is 23.2 Å². The first-order valence-electron chi connectivity index (χ1n) is 13.4. The Morgan fingerprint density at radius 1 is 0.829 bits per heavy atom. The average Bonchev–Trinajstić information content (AvgIpc) is 3.32. The summed E-state index contributed by atoms with van der Waals surface area (Å²) in [5.41, 5.74) is 4.30. The van der Waals surface area contributed by atoms with Crippen molar-refractivity contribution in [3.05, 3.63) is 114 Å². The number of hydrogen-bond donors (Lipinski definition) is 0. The van der Waals surface area contributed by atoms with E-state index in [4.69, 9.17) is 26.1 Å². The number of unbranched alkanes of at least 4 members (excludes halogenated alkanes) is 2. The minimum atomic E-state index is -0.148. The van der Waals surface area contributed by atoms with Crippen molar-refractivity contribution in [1.29, 1.82) is 0 Å². The Hall–Kier alpha value is -4.07. The topological polar surface area (TPSA) is 64.0 Å². The number of nitrogens with zero attached hydrogens (tertiary/aromatic N) is 3. The third-order valence-electron chi connectivity index (χ3n) is 6.49. The first-order chi connectivity index (χ1) is 20.1. The van der Waals surface area contributed by atoms with Gasteiger partial charge in [-0.1, -0.05) is 59.8 Å². The molecule has 4 aromatic rings. The fourth-order valence-corrected chi connectivity index (χ4v) is 5.43. The number of aromatic nitrogens is 1. The number of anilines is 1. The molecule has 6 nitrogen and oxygen atoms in total. The summed E-state index contributed by atoms with van der Waals surface area (Å²) in [4.78, 5) is 23.8. The summed E-state index contributed by atoms with van der Waals surface area (Å²) in [6.07, 6.45) is 8.12. The van der Waals surface area contributed by atoms with Crippen LogP contribution in [0.2, 0.25) is 5.02 Å². The Balaban J connectivity index is 1.12. The van der Waals surface area contributed by atoms with E-state index < -0.39 is 0 Å². The molecule has 0 radical (unpaired) electrons. The monoisotopic (exact) mass is 583 g/mol. The van der Waals surface area contributed by atoms with E-state index in [9.17, 15) is 4.79 Å². The standard InChI is InChI=1S/C33H30ClN3O3S/c1-39-29-13-5-24(6-14-29)23-31-32(38)37(28-17-19-35-20-18-28)33(36-31)41-22-4-2-3-21-40-30-15-9-26(10-16-30)25-7-11-27(34)12-8-25/h5-20,23H,2-4,21-22H2,1H3/b31-23-. The zero-order chi connectivity index (χ0) is 28.4. The molecular formula is C33H30ClN3O3S. The number of carbonyl (C=O) groups is 1. The molecule has 0 atom stereocenters. The van der Waals surface area contributed by atoms with E-state index in [0.717, 1.165) is 63.9 Å². The Labute approximate surface area is 249 Å². The van der Waals surface area contributed by atoms with E-state index in [0.29, 0.717) is 17.5 Å². The van der Waals surface area contributed by atoms with Crippen molar-refractivity contribution in [2.24, 2.45) is 4.99 Å². The molecule has 0 bridgehead atoms. The van der Waals surface area contributed by atoms with Gasteiger partial charge in [0.05, 0.1) is 19.4 Å². The van der Waals surface area contributed by atoms with Gasteiger partial charge in [-0.15, -0.1) is 0 Å². The molecule has 1 aromatic heterocycles. The molecule has 3 aromatic carbocycles. The van der Waals surface area contributed by atoms with Gasteiger partial charge >= 0.3 is 0 Å². The fraction of sp³-hybridized carbons (Fsp3) is 0.182. The molecule has 1 aliphatic heterocycles. The molecule has 41 heavy (non-hydrogen) atoms. The van der Waals surface area contributed by atoms with Crippen LogP contribution in [0.15, 0.2) is 108 Å². The van der Waals surface area contributed by atoms with Crippen LogP contribution in [0.3, 0.4) is 0 Å². The second kappa shape index (κ2) is 14.0. The number of hydrogen-bond acceptors (Lipinski definition) is 6. The molecule has 0 N–H and O–H groups in total. The lowest BCUT2D eigenvalue weighted by molar-refractivity contribution is -0.113. The maximum absolute atomic E-state index is 13.3. The average molecular weight is 584 g/mol. The summed E-state index contributed by atoms with van der Waals surface area (Å²) in [7, 11) is 1.63. The van der Waals surface area contributed by atoms with Crippen molar-refractivity contribution in [3.63, 3.8) is 0 Å². The summed E-state index contributed by atoms with van der Waals surface area (Å²) >= 11 is 7.58. The highest BCUT2D eigenvalue weighted by molar-refractivity contribution is 8.14. The molecule has 5 rings (SSSR count). The molecule has 1 aliphatic rings. The number of benzene rings is 3. The summed E-state index contributed by atoms with van der Waals surface area (Å²) in [5.74, 6) is 2.32. The maximum Gasteiger partial charge on any atom is 0.283 e. The fourth-order valence-electron chi connectivity index (χ4n) is 4.29. The van der Waals surface area contributed by atoms with Gasteiger partial charge in [-0.05, 0) is 90.6 Å². The molecule has 1 amide bonds. The van der Waals surface area contributed by atoms with Gasteiger partial charge in [-0.3, -0.25) is 14.7 Å². The van der Waals surface area contributed by atoms with E-state index in [1.54, 1.807) is 36.2 Å². The van der Waals surface area contributed by atoms with Crippen LogP contribution in [-0.2, 0) is 4.79 Å². The molecule has 208 valence electrons. The zero-order valence-electron chi connectivity index (χ0n) is 22.7. The van der Waals surface area contributed by atoms with Gasteiger partial charge in [0.1, 0.15) is 17.2 Å². The smallest absolute Gasteiger partial charge is 0.283 e. The minimum absolute atomic E-state index is 0.148. The van der Waals surface area contributed by atoms with E-state index in [1.807, 2.05) is 78.9 Å². The summed E-state index contributed by atoms with van der Waals surface area (Å²) < 4.78 is 11.2. The molecule has 0 saturated carbocycles. The van der Waals surface area contributed by atoms with Crippen LogP contribution in [0.5, 0.6) is 11.5 Å². The first kappa shape index (κ1) is 28.5. The third kappa shape index (κ3) is 7.57. The predicted octanol–water partition coefficient (Wildman–Crippen LogP) is 8.14. The first-order valence-corrected chi connectivity index (χ1v) is 14.8. The van der Waals surface area contributed by atoms with E-state index in [-0.39, 0.29) is 5.91 Å². The predicted molar refractivity (Wildman–Crippen MR) is 169 cm³/mol. The number of amidine groups is 1. The third-order valence-corrected chi connectivity index (χ3v) is 7.77. The van der Waals surface area contributed by atoms with Crippen molar-refractivity contribution in [2.45, 2.75) is 19.3 Å². The lowest BCUT2D eigenvalue weighted by atomic mass is 10.1. The van der Waals surface area contributed by atoms with Crippen LogP contribution in [-0.4, -0.2) is 35.5 Å². The quantitative estimate of drug-likeness (QED) is 0.132. The van der Waals surface area contributed by atoms with Crippen molar-refractivity contribution >= 4 is 46.2 Å². The van der Waals surface area contributed by atoms with Crippen LogP contribution in [0.4, 0.5) is 5.69 Å². The van der Waals surface area contributed by atoms with Crippen LogP contribution in [0, 0.1) is 0 Å². The normalized spacial score (nSPS) is 13.9. The summed E-state index contributed by atoms with van der Waals surface area (Å²) in [5, 5.41) is 1.41. The second-order valence-electron chi connectivity index (χ2n) is 9.33. The Morgan fingerprint density at radius 3 is 2.17 bits per heavy atom. The largest absolute Gasteiger partial charge is 0.497 e. The summed E-state index contributed by atoms with van der Waals surface area (Å²) in [6.45, 7) is 0.655. The van der Waals surface area contributed by atoms with Crippen molar-refractivity contribution in [3.8, 4) is 22.6 Å². The highest BCUT2D eigenvalue weighted by atomic mass is 35.5. The van der Waals surface area contributed by atoms with E-state index >= 15 is 0 Å². The molecule has 0 fully saturated rings. The highest BCUT2D eigenvalue weighted by Gasteiger charge is 2.31. The lowest BCUT2D eigenvalue weighted by Crippen LogP contribution is -2.30. The number of methoxy groups -OCH3 is 1. The molecule has 8 heteroatoms. The van der Waals surface area contributed by atoms with Crippen molar-refractivity contribution in [2.75, 3.05) is 24.4 Å². The van der Waals surface area contributed by atoms with Gasteiger partial charge in [-0.25, -0.2) is 4.99 Å². The van der Waals surface area contributed by atoms with E-state index in [2.05, 4.69) is 17.1 Å². The van der Waals surface area contributed by atoms with Crippen LogP contribution < -0.4 is 14.4 Å². The number of amides is 1. The number of aliphatic imine (C=N–C) groups is 1. The van der Waals surface area contributed by atoms with Gasteiger partial charge < -0.3 is 9.47 Å². The Kier molecular flexibility index (Phi) is 9.73. The van der Waals surface area contributed by atoms with Crippen LogP contribution >= 0.6 is 23.4 Å². The molecule has 0 spiro atoms. The SMILES string of the molecule is COc1ccc(/C=C2\N=C(SCCCCCOc3ccc(-c4ccc(Cl)cc4)cc3)N(c3ccncc3)C2=O)cc1. The molecule has 0 unspecified atom stereocenters. The van der Waals surface area contributed by atoms with Crippen molar-refractivity contribution < 1.29 is 14.3 Å². The van der Waals surface area contributed by atoms with Crippen LogP contribution in [0.25, 0.3) is 17.2 Å². The molecular weight excluding hydrogens is 554 g/mol. The number of rotatable bonds is 11. The number of carbonyl (C=O) groups excluding carboxylic acids is 1. The Morgan fingerprint density at radius 2 is 1.49 bits per heavy atom. The number of ether oxygens (including phenoxy) is 2. The molecule has 0 saturated heterocycles. The highest BCUT2D eigenvalue weighted by Crippen LogP contribution is 2.30. The number of halogens is 1. The minimum Gasteiger partial charge on any atom is -0.497 e. The van der Waals surface area contributed by atoms with Gasteiger partial charge in [-0.2, -0.15) is 0 Å². The number of pyridine rings is 1. The lowest BCUT2D eigenvalue weighted by Gasteiger charge is -2.17. The zero-order valence-corrected chi connectivity index (χ0v) is 24.3. The Bertz CT molecular complexity index is 1510. The van der Waals surface area contributed by atoms with Gasteiger partial charge in [0.15, 0.2) is 5.17 Å².